The van der Waals surface area contributed by atoms with Crippen LogP contribution in [0.2, 0.25) is 0 Å². The molecule has 46 heavy (non-hydrogen) atoms. The fourth-order valence-electron chi connectivity index (χ4n) is 6.32. The number of carbonyl (C=O) groups is 2. The maximum Gasteiger partial charge on any atom is 0.418 e. The third kappa shape index (κ3) is 5.70. The van der Waals surface area contributed by atoms with Crippen LogP contribution in [0.15, 0.2) is 41.3 Å². The quantitative estimate of drug-likeness (QED) is 0.315. The van der Waals surface area contributed by atoms with Crippen molar-refractivity contribution in [3.63, 3.8) is 0 Å². The van der Waals surface area contributed by atoms with E-state index in [1.807, 2.05) is 0 Å². The SMILES string of the molecule is [2H]C([2H])([2H])n1c(=O)n([C@@H]2CC[C@@H](NC(=O)OC)C2)c2cc(Nc3cc(C(=O)N4CCC(C#N)CC4)c4cccc(C(F)(F)F)c4n3)ncc21. The zero-order valence-electron chi connectivity index (χ0n) is 27.6. The summed E-state index contributed by atoms with van der Waals surface area (Å²) in [6.07, 6.45) is -2.14. The van der Waals surface area contributed by atoms with Crippen molar-refractivity contribution in [2.75, 3.05) is 25.5 Å². The number of ether oxygens (including phenoxy) is 1. The van der Waals surface area contributed by atoms with Gasteiger partial charge in [0.05, 0.1) is 47.1 Å². The van der Waals surface area contributed by atoms with Crippen molar-refractivity contribution in [3.8, 4) is 6.07 Å². The van der Waals surface area contributed by atoms with Gasteiger partial charge in [-0.15, -0.1) is 0 Å². The van der Waals surface area contributed by atoms with E-state index in [-0.39, 0.29) is 58.7 Å². The standard InChI is InChI=1S/C31H31F3N8O4/c1-40-24-16-36-25(14-23(24)42(30(40)45)19-7-6-18(12-19)37-29(44)46-2)38-26-13-21(28(43)41-10-8-17(15-35)9-11-41)20-4-3-5-22(27(20)39-26)31(32,33)34/h3-5,13-14,16-19H,6-12H2,1-2H3,(H,37,44)(H,36,38,39)/t18-,19-/m1/s1/i1D3. The number of aryl methyl sites for hydroxylation is 1. The zero-order chi connectivity index (χ0) is 35.2. The van der Waals surface area contributed by atoms with Crippen LogP contribution in [-0.2, 0) is 17.9 Å². The first kappa shape index (κ1) is 27.2. The normalized spacial score (nSPS) is 20.2. The lowest BCUT2D eigenvalue weighted by Gasteiger charge is -2.29. The largest absolute Gasteiger partial charge is 0.453 e. The Bertz CT molecular complexity index is 2050. The van der Waals surface area contributed by atoms with Gasteiger partial charge in [0.15, 0.2) is 0 Å². The maximum absolute atomic E-state index is 14.2. The molecule has 0 spiro atoms. The Kier molecular flexibility index (Phi) is 7.09. The number of halogens is 3. The molecule has 6 rings (SSSR count). The van der Waals surface area contributed by atoms with Crippen molar-refractivity contribution in [2.45, 2.75) is 50.4 Å². The minimum atomic E-state index is -4.79. The van der Waals surface area contributed by atoms with E-state index in [2.05, 4.69) is 31.4 Å². The molecule has 240 valence electrons. The summed E-state index contributed by atoms with van der Waals surface area (Å²) in [6, 6.07) is 7.55. The summed E-state index contributed by atoms with van der Waals surface area (Å²) in [4.78, 5) is 49.1. The molecule has 4 aromatic rings. The van der Waals surface area contributed by atoms with Gasteiger partial charge >= 0.3 is 18.0 Å². The highest BCUT2D eigenvalue weighted by atomic mass is 19.4. The lowest BCUT2D eigenvalue weighted by atomic mass is 9.97. The van der Waals surface area contributed by atoms with E-state index in [9.17, 15) is 32.8 Å². The molecule has 1 saturated heterocycles. The summed E-state index contributed by atoms with van der Waals surface area (Å²) < 4.78 is 73.1. The second kappa shape index (κ2) is 12.0. The van der Waals surface area contributed by atoms with Crippen LogP contribution in [0.1, 0.15) is 58.2 Å². The molecule has 2 amide bonds. The number of piperidine rings is 1. The molecule has 2 N–H and O–H groups in total. The molecule has 15 heteroatoms. The van der Waals surface area contributed by atoms with Crippen molar-refractivity contribution < 1.29 is 31.6 Å². The molecule has 2 aliphatic rings. The second-order valence-electron chi connectivity index (χ2n) is 11.4. The number of benzene rings is 1. The Morgan fingerprint density at radius 2 is 1.91 bits per heavy atom. The highest BCUT2D eigenvalue weighted by molar-refractivity contribution is 6.08. The number of amides is 2. The molecule has 12 nitrogen and oxygen atoms in total. The van der Waals surface area contributed by atoms with Crippen LogP contribution in [0.5, 0.6) is 0 Å². The molecule has 3 aromatic heterocycles. The predicted octanol–water partition coefficient (Wildman–Crippen LogP) is 4.87. The van der Waals surface area contributed by atoms with Crippen molar-refractivity contribution in [3.05, 3.63) is 58.1 Å². The number of pyridine rings is 2. The number of imidazole rings is 1. The van der Waals surface area contributed by atoms with E-state index < -0.39 is 48.0 Å². The van der Waals surface area contributed by atoms with Crippen LogP contribution >= 0.6 is 0 Å². The first-order valence-electron chi connectivity index (χ1n) is 16.1. The number of hydrogen-bond acceptors (Lipinski definition) is 8. The highest BCUT2D eigenvalue weighted by Crippen LogP contribution is 2.37. The van der Waals surface area contributed by atoms with Crippen LogP contribution < -0.4 is 16.3 Å². The molecular weight excluding hydrogens is 605 g/mol. The second-order valence-corrected chi connectivity index (χ2v) is 11.4. The van der Waals surface area contributed by atoms with E-state index in [1.54, 1.807) is 0 Å². The van der Waals surface area contributed by atoms with Crippen molar-refractivity contribution in [1.29, 1.82) is 5.26 Å². The molecule has 2 atom stereocenters. The van der Waals surface area contributed by atoms with Crippen molar-refractivity contribution >= 4 is 45.6 Å². The number of hydrogen-bond donors (Lipinski definition) is 2. The number of anilines is 2. The van der Waals surface area contributed by atoms with Crippen LogP contribution in [0.25, 0.3) is 21.9 Å². The number of alkyl halides is 3. The smallest absolute Gasteiger partial charge is 0.418 e. The zero-order valence-corrected chi connectivity index (χ0v) is 24.6. The van der Waals surface area contributed by atoms with E-state index >= 15 is 0 Å². The third-order valence-electron chi connectivity index (χ3n) is 8.63. The molecule has 1 saturated carbocycles. The lowest BCUT2D eigenvalue weighted by molar-refractivity contribution is -0.136. The van der Waals surface area contributed by atoms with Gasteiger partial charge in [-0.05, 0) is 44.2 Å². The highest BCUT2D eigenvalue weighted by Gasteiger charge is 2.35. The van der Waals surface area contributed by atoms with Crippen LogP contribution in [0.3, 0.4) is 0 Å². The Hall–Kier alpha value is -5.13. The molecular formula is C31H31F3N8O4. The minimum Gasteiger partial charge on any atom is -0.453 e. The number of aromatic nitrogens is 4. The maximum atomic E-state index is 14.2. The molecule has 1 aliphatic carbocycles. The van der Waals surface area contributed by atoms with Gasteiger partial charge in [-0.25, -0.2) is 19.6 Å². The molecule has 1 aromatic carbocycles. The molecule has 0 bridgehead atoms. The number of fused-ring (bicyclic) bond motifs is 2. The summed E-state index contributed by atoms with van der Waals surface area (Å²) in [5.41, 5.74) is -2.16. The van der Waals surface area contributed by atoms with Gasteiger partial charge in [-0.2, -0.15) is 18.4 Å². The van der Waals surface area contributed by atoms with Gasteiger partial charge in [-0.3, -0.25) is 13.9 Å². The van der Waals surface area contributed by atoms with Crippen LogP contribution in [-0.4, -0.2) is 62.2 Å². The first-order valence-corrected chi connectivity index (χ1v) is 14.6. The Labute approximate surface area is 265 Å². The predicted molar refractivity (Wildman–Crippen MR) is 161 cm³/mol. The number of methoxy groups -OCH3 is 1. The third-order valence-corrected chi connectivity index (χ3v) is 8.63. The number of carbonyl (C=O) groups excluding carboxylic acids is 2. The fourth-order valence-corrected chi connectivity index (χ4v) is 6.32. The minimum absolute atomic E-state index is 0.00222. The molecule has 2 fully saturated rings. The summed E-state index contributed by atoms with van der Waals surface area (Å²) >= 11 is 0. The van der Waals surface area contributed by atoms with Crippen molar-refractivity contribution in [1.82, 2.24) is 29.3 Å². The molecule has 4 heterocycles. The van der Waals surface area contributed by atoms with E-state index in [4.69, 9.17) is 4.11 Å². The van der Waals surface area contributed by atoms with Gasteiger partial charge in [-0.1, -0.05) is 12.1 Å². The summed E-state index contributed by atoms with van der Waals surface area (Å²) in [5, 5.41) is 14.8. The average molecular weight is 640 g/mol. The van der Waals surface area contributed by atoms with Gasteiger partial charge in [0, 0.05) is 53.6 Å². The first-order chi connectivity index (χ1) is 23.2. The Morgan fingerprint density at radius 3 is 2.61 bits per heavy atom. The number of nitrogens with one attached hydrogen (secondary N) is 2. The fraction of sp³-hybridized carbons (Fsp3) is 0.419. The Balaban J connectivity index is 1.43. The Morgan fingerprint density at radius 1 is 1.13 bits per heavy atom. The molecule has 1 aliphatic heterocycles. The number of alkyl carbamates (subject to hydrolysis) is 1. The van der Waals surface area contributed by atoms with Gasteiger partial charge in [0.1, 0.15) is 11.6 Å². The summed E-state index contributed by atoms with van der Waals surface area (Å²) in [7, 11) is 1.23. The number of rotatable bonds is 5. The average Bonchev–Trinajstić information content (AvgIpc) is 3.63. The number of nitrogens with zero attached hydrogens (tertiary/aromatic N) is 6. The van der Waals surface area contributed by atoms with Crippen molar-refractivity contribution in [2.24, 2.45) is 12.9 Å². The lowest BCUT2D eigenvalue weighted by Crippen LogP contribution is -2.38. The topological polar surface area (TPSA) is 147 Å². The van der Waals surface area contributed by atoms with Crippen LogP contribution in [0, 0.1) is 17.2 Å². The molecule has 0 radical (unpaired) electrons. The van der Waals surface area contributed by atoms with Crippen LogP contribution in [0.4, 0.5) is 29.6 Å². The van der Waals surface area contributed by atoms with Gasteiger partial charge in [0.25, 0.3) is 5.91 Å². The van der Waals surface area contributed by atoms with Gasteiger partial charge < -0.3 is 20.3 Å². The monoisotopic (exact) mass is 639 g/mol. The van der Waals surface area contributed by atoms with Gasteiger partial charge in [0.2, 0.25) is 0 Å². The van der Waals surface area contributed by atoms with E-state index in [1.165, 1.54) is 47.0 Å². The number of likely N-dealkylation sites (tertiary alicyclic amines) is 1. The molecule has 0 unspecified atom stereocenters. The summed E-state index contributed by atoms with van der Waals surface area (Å²) in [5.74, 6) is -0.853. The summed E-state index contributed by atoms with van der Waals surface area (Å²) in [6.45, 7) is -2.34. The number of para-hydroxylation sites is 1. The number of nitriles is 1. The van der Waals surface area contributed by atoms with E-state index in [0.29, 0.717) is 36.7 Å². The van der Waals surface area contributed by atoms with E-state index in [0.717, 1.165) is 6.07 Å².